The topological polar surface area (TPSA) is 0 Å². The van der Waals surface area contributed by atoms with Crippen LogP contribution < -0.4 is 0 Å². The first-order valence-electron chi connectivity index (χ1n) is 16.2. The van der Waals surface area contributed by atoms with E-state index in [9.17, 15) is 0 Å². The van der Waals surface area contributed by atoms with Crippen LogP contribution in [0.2, 0.25) is 0 Å². The Kier molecular flexibility index (Phi) is 5.07. The van der Waals surface area contributed by atoms with Crippen LogP contribution in [0.1, 0.15) is 0 Å². The summed E-state index contributed by atoms with van der Waals surface area (Å²) in [6, 6.07) is 56.6. The van der Waals surface area contributed by atoms with Crippen LogP contribution in [0, 0.1) is 0 Å². The molecule has 1 aliphatic rings. The van der Waals surface area contributed by atoms with Crippen molar-refractivity contribution >= 4 is 80.6 Å². The van der Waals surface area contributed by atoms with Crippen molar-refractivity contribution in [1.29, 1.82) is 0 Å². The first-order valence-corrected chi connectivity index (χ1v) is 17.0. The minimum Gasteiger partial charge on any atom is -0.0622 e. The Morgan fingerprint density at radius 2 is 0.723 bits per heavy atom. The number of hydrogen-bond acceptors (Lipinski definition) is 0. The van der Waals surface area contributed by atoms with Gasteiger partial charge in [-0.15, -0.1) is 0 Å². The summed E-state index contributed by atoms with van der Waals surface area (Å²) in [5, 5.41) is 15.8. The smallest absolute Gasteiger partial charge is 0.0254 e. The molecule has 0 atom stereocenters. The molecule has 0 bridgehead atoms. The highest BCUT2D eigenvalue weighted by Crippen LogP contribution is 2.55. The number of benzene rings is 10. The monoisotopic (exact) mass is 656 g/mol. The molecule has 0 saturated heterocycles. The first kappa shape index (κ1) is 25.7. The van der Waals surface area contributed by atoms with Crippen molar-refractivity contribution in [2.45, 2.75) is 0 Å². The van der Waals surface area contributed by atoms with Crippen molar-refractivity contribution in [1.82, 2.24) is 0 Å². The highest BCUT2D eigenvalue weighted by Gasteiger charge is 2.27. The molecule has 0 aromatic heterocycles. The summed E-state index contributed by atoms with van der Waals surface area (Å²) >= 11 is 3.83. The highest BCUT2D eigenvalue weighted by atomic mass is 79.9. The fourth-order valence-electron chi connectivity index (χ4n) is 8.71. The molecule has 0 spiro atoms. The number of fused-ring (bicyclic) bond motifs is 7. The second kappa shape index (κ2) is 9.28. The van der Waals surface area contributed by atoms with Crippen LogP contribution in [0.25, 0.3) is 109 Å². The summed E-state index contributed by atoms with van der Waals surface area (Å²) in [5.41, 5.74) is 10.4. The van der Waals surface area contributed by atoms with E-state index in [1.807, 2.05) is 0 Å². The van der Waals surface area contributed by atoms with E-state index in [-0.39, 0.29) is 0 Å². The quantitative estimate of drug-likeness (QED) is 0.128. The molecule has 0 nitrogen and oxygen atoms in total. The average molecular weight is 658 g/mol. The Morgan fingerprint density at radius 1 is 0.277 bits per heavy atom. The maximum Gasteiger partial charge on any atom is 0.0254 e. The summed E-state index contributed by atoms with van der Waals surface area (Å²) in [5.74, 6) is 0. The first-order chi connectivity index (χ1) is 23.3. The third-order valence-corrected chi connectivity index (χ3v) is 11.3. The van der Waals surface area contributed by atoms with Crippen LogP contribution in [0.3, 0.4) is 0 Å². The van der Waals surface area contributed by atoms with E-state index in [1.54, 1.807) is 0 Å². The van der Waals surface area contributed by atoms with E-state index in [0.29, 0.717) is 0 Å². The van der Waals surface area contributed by atoms with E-state index in [1.165, 1.54) is 109 Å². The molecule has 0 unspecified atom stereocenters. The summed E-state index contributed by atoms with van der Waals surface area (Å²) in [7, 11) is 0. The third kappa shape index (κ3) is 3.32. The molecule has 10 aromatic carbocycles. The fourth-order valence-corrected chi connectivity index (χ4v) is 9.18. The largest absolute Gasteiger partial charge is 0.0622 e. The predicted molar refractivity (Wildman–Crippen MR) is 206 cm³/mol. The summed E-state index contributed by atoms with van der Waals surface area (Å²) in [6.45, 7) is 0. The van der Waals surface area contributed by atoms with Gasteiger partial charge in [0.05, 0.1) is 0 Å². The van der Waals surface area contributed by atoms with Gasteiger partial charge in [-0.05, 0) is 127 Å². The van der Waals surface area contributed by atoms with Gasteiger partial charge in [0.1, 0.15) is 0 Å². The van der Waals surface area contributed by atoms with Gasteiger partial charge in [-0.25, -0.2) is 0 Å². The van der Waals surface area contributed by atoms with Gasteiger partial charge < -0.3 is 0 Å². The molecule has 0 heterocycles. The van der Waals surface area contributed by atoms with Gasteiger partial charge in [0, 0.05) is 4.47 Å². The van der Waals surface area contributed by atoms with Gasteiger partial charge in [0.25, 0.3) is 0 Å². The molecule has 1 aliphatic carbocycles. The Morgan fingerprint density at radius 3 is 1.30 bits per heavy atom. The van der Waals surface area contributed by atoms with Crippen molar-refractivity contribution in [2.75, 3.05) is 0 Å². The zero-order valence-electron chi connectivity index (χ0n) is 25.3. The minimum absolute atomic E-state index is 1.14. The van der Waals surface area contributed by atoms with Crippen LogP contribution in [0.4, 0.5) is 0 Å². The van der Waals surface area contributed by atoms with Crippen molar-refractivity contribution in [2.24, 2.45) is 0 Å². The molecule has 0 amide bonds. The molecule has 0 aliphatic heterocycles. The number of hydrogen-bond donors (Lipinski definition) is 0. The Labute approximate surface area is 280 Å². The molecular weight excluding hydrogens is 632 g/mol. The predicted octanol–water partition coefficient (Wildman–Crippen LogP) is 13.8. The van der Waals surface area contributed by atoms with Gasteiger partial charge in [0.2, 0.25) is 0 Å². The van der Waals surface area contributed by atoms with Gasteiger partial charge in [-0.1, -0.05) is 149 Å². The molecule has 0 N–H and O–H groups in total. The molecule has 0 fully saturated rings. The van der Waals surface area contributed by atoms with Crippen molar-refractivity contribution in [3.63, 3.8) is 0 Å². The summed E-state index contributed by atoms with van der Waals surface area (Å²) in [6.07, 6.45) is 0. The van der Waals surface area contributed by atoms with E-state index in [4.69, 9.17) is 0 Å². The second-order valence-electron chi connectivity index (χ2n) is 12.9. The lowest BCUT2D eigenvalue weighted by Gasteiger charge is -2.19. The van der Waals surface area contributed by atoms with Crippen LogP contribution in [0.5, 0.6) is 0 Å². The van der Waals surface area contributed by atoms with Crippen molar-refractivity contribution < 1.29 is 0 Å². The summed E-state index contributed by atoms with van der Waals surface area (Å²) in [4.78, 5) is 0. The zero-order chi connectivity index (χ0) is 30.8. The van der Waals surface area contributed by atoms with Crippen LogP contribution >= 0.6 is 15.9 Å². The molecule has 11 rings (SSSR count). The van der Waals surface area contributed by atoms with Gasteiger partial charge in [-0.3, -0.25) is 0 Å². The number of halogens is 1. The van der Waals surface area contributed by atoms with Crippen molar-refractivity contribution in [3.8, 4) is 44.5 Å². The molecule has 47 heavy (non-hydrogen) atoms. The lowest BCUT2D eigenvalue weighted by molar-refractivity contribution is 1.65. The molecule has 0 radical (unpaired) electrons. The maximum atomic E-state index is 3.83. The minimum atomic E-state index is 1.14. The second-order valence-corrected chi connectivity index (χ2v) is 13.7. The SMILES string of the molecule is Brc1ccc2c3ccc4c5c(ccc(c6cccc1c62)c53)-c1cc2c(-c3ccccc3)c3ccccc3c(-c3ccccc3)c2cc1-4. The molecule has 216 valence electrons. The molecule has 0 saturated carbocycles. The molecular formula is C46H25Br. The third-order valence-electron chi connectivity index (χ3n) is 10.6. The normalized spacial score (nSPS) is 12.4. The van der Waals surface area contributed by atoms with E-state index < -0.39 is 0 Å². The Balaban J connectivity index is 1.33. The van der Waals surface area contributed by atoms with Gasteiger partial charge in [-0.2, -0.15) is 0 Å². The van der Waals surface area contributed by atoms with Crippen LogP contribution in [-0.2, 0) is 0 Å². The van der Waals surface area contributed by atoms with Gasteiger partial charge in [0.15, 0.2) is 0 Å². The van der Waals surface area contributed by atoms with Crippen LogP contribution in [-0.4, -0.2) is 0 Å². The Hall–Kier alpha value is -5.50. The van der Waals surface area contributed by atoms with Gasteiger partial charge >= 0.3 is 0 Å². The zero-order valence-corrected chi connectivity index (χ0v) is 26.9. The van der Waals surface area contributed by atoms with E-state index in [2.05, 4.69) is 168 Å². The van der Waals surface area contributed by atoms with Crippen molar-refractivity contribution in [3.05, 3.63) is 156 Å². The highest BCUT2D eigenvalue weighted by molar-refractivity contribution is 9.10. The lowest BCUT2D eigenvalue weighted by Crippen LogP contribution is -1.92. The molecule has 1 heteroatoms. The fraction of sp³-hybridized carbons (Fsp3) is 0. The Bertz CT molecular complexity index is 2780. The number of rotatable bonds is 2. The maximum absolute atomic E-state index is 3.83. The average Bonchev–Trinajstić information content (AvgIpc) is 3.44. The standard InChI is InChI=1S/C46H25Br/c47-41-23-22-31-33-19-21-35-38-25-40-39(24-37(38)34-20-18-32(45(33)46(34)35)30-16-9-17-36(41)44(30)31)42(26-10-3-1-4-11-26)28-14-7-8-15-29(28)43(40)27-12-5-2-6-13-27/h1-25H. The van der Waals surface area contributed by atoms with E-state index in [0.717, 1.165) is 4.47 Å². The molecule has 10 aromatic rings. The van der Waals surface area contributed by atoms with E-state index >= 15 is 0 Å². The lowest BCUT2D eigenvalue weighted by atomic mass is 9.84. The van der Waals surface area contributed by atoms with Crippen LogP contribution in [0.15, 0.2) is 156 Å². The summed E-state index contributed by atoms with van der Waals surface area (Å²) < 4.78 is 1.14.